The number of carbonyl (C=O) groups is 3. The van der Waals surface area contributed by atoms with Crippen molar-refractivity contribution in [2.45, 2.75) is 75.9 Å². The van der Waals surface area contributed by atoms with E-state index in [0.717, 1.165) is 5.56 Å². The molecule has 218 valence electrons. The van der Waals surface area contributed by atoms with Crippen LogP contribution in [0, 0.1) is 6.92 Å². The van der Waals surface area contributed by atoms with Gasteiger partial charge in [0.1, 0.15) is 5.76 Å². The lowest BCUT2D eigenvalue weighted by Crippen LogP contribution is -2.71. The van der Waals surface area contributed by atoms with Gasteiger partial charge in [-0.25, -0.2) is 9.59 Å². The Morgan fingerprint density at radius 1 is 1.10 bits per heavy atom. The molecule has 1 saturated heterocycles. The molecule has 2 aromatic rings. The summed E-state index contributed by atoms with van der Waals surface area (Å²) in [7, 11) is 1.95. The van der Waals surface area contributed by atoms with Gasteiger partial charge in [-0.15, -0.1) is 0 Å². The number of phenolic OH excluding ortho intramolecular Hbond substituents is 1. The predicted molar refractivity (Wildman–Crippen MR) is 146 cm³/mol. The number of benzene rings is 2. The number of carbonyl (C=O) groups excluding carboxylic acids is 3. The molecule has 1 fully saturated rings. The van der Waals surface area contributed by atoms with Crippen LogP contribution in [0.25, 0.3) is 0 Å². The first-order chi connectivity index (χ1) is 19.4. The second-order valence-electron chi connectivity index (χ2n) is 11.1. The Bertz CT molecular complexity index is 1410. The van der Waals surface area contributed by atoms with Crippen LogP contribution < -0.4 is 4.74 Å². The highest BCUT2D eigenvalue weighted by atomic mass is 16.6. The number of fused-ring (bicyclic) bond motifs is 1. The first kappa shape index (κ1) is 28.6. The molecular formula is C31H35NO9. The van der Waals surface area contributed by atoms with E-state index < -0.39 is 47.2 Å². The van der Waals surface area contributed by atoms with Crippen LogP contribution in [0.2, 0.25) is 0 Å². The minimum absolute atomic E-state index is 0.0652. The first-order valence-corrected chi connectivity index (χ1v) is 13.7. The fourth-order valence-corrected chi connectivity index (χ4v) is 6.56. The number of ether oxygens (including phenoxy) is 4. The SMILES string of the molecule is CC(=O)O[C@@H](C)C(=O)O[C@H](C(=O)OC1=CC[C@@]2(O)[C@@H](C)N(C)CC[C@@]23c2c(C)ccc(O)c2O[C@@H]13)c1ccccc1. The summed E-state index contributed by atoms with van der Waals surface area (Å²) < 4.78 is 22.7. The van der Waals surface area contributed by atoms with Crippen molar-refractivity contribution in [2.75, 3.05) is 13.6 Å². The standard InChI is InChI=1S/C31H35NO9/c1-17-11-12-22(34)26-24(17)30-15-16-32(5)19(3)31(30,37)14-13-23(27(30)40-26)39-29(36)25(21-9-7-6-8-10-21)41-28(35)18(2)38-20(4)33/h6-13,18-19,25,27,34,37H,14-16H2,1-5H3/t18-,19+,25-,27-,30-,31+/m0/s1. The summed E-state index contributed by atoms with van der Waals surface area (Å²) in [5.74, 6) is -2.10. The molecule has 3 aliphatic rings. The molecule has 10 nitrogen and oxygen atoms in total. The molecule has 2 heterocycles. The van der Waals surface area contributed by atoms with Gasteiger partial charge in [0.25, 0.3) is 0 Å². The summed E-state index contributed by atoms with van der Waals surface area (Å²) >= 11 is 0. The van der Waals surface area contributed by atoms with E-state index in [9.17, 15) is 24.6 Å². The lowest BCUT2D eigenvalue weighted by Gasteiger charge is -2.58. The minimum Gasteiger partial charge on any atom is -0.504 e. The van der Waals surface area contributed by atoms with E-state index >= 15 is 0 Å². The van der Waals surface area contributed by atoms with Crippen LogP contribution in [0.15, 0.2) is 54.3 Å². The number of rotatable bonds is 6. The van der Waals surface area contributed by atoms with E-state index in [1.807, 2.05) is 20.9 Å². The van der Waals surface area contributed by atoms with E-state index in [0.29, 0.717) is 24.1 Å². The zero-order chi connectivity index (χ0) is 29.7. The third kappa shape index (κ3) is 4.55. The second kappa shape index (κ2) is 10.5. The van der Waals surface area contributed by atoms with E-state index in [2.05, 4.69) is 4.90 Å². The summed E-state index contributed by atoms with van der Waals surface area (Å²) in [5, 5.41) is 23.1. The molecule has 0 saturated carbocycles. The Hall–Kier alpha value is -3.89. The summed E-state index contributed by atoms with van der Waals surface area (Å²) in [5.41, 5.74) is -0.397. The number of piperidine rings is 1. The van der Waals surface area contributed by atoms with Gasteiger partial charge >= 0.3 is 17.9 Å². The maximum atomic E-state index is 13.7. The number of phenols is 1. The average molecular weight is 566 g/mol. The van der Waals surface area contributed by atoms with Crippen LogP contribution in [0.5, 0.6) is 11.5 Å². The van der Waals surface area contributed by atoms with Crippen LogP contribution in [0.4, 0.5) is 0 Å². The molecule has 0 bridgehead atoms. The van der Waals surface area contributed by atoms with Crippen molar-refractivity contribution < 1.29 is 43.5 Å². The molecule has 1 aliphatic carbocycles. The quantitative estimate of drug-likeness (QED) is 0.398. The second-order valence-corrected chi connectivity index (χ2v) is 11.1. The van der Waals surface area contributed by atoms with Gasteiger partial charge in [-0.05, 0) is 58.5 Å². The number of nitrogens with zero attached hydrogens (tertiary/aromatic N) is 1. The highest BCUT2D eigenvalue weighted by Crippen LogP contribution is 2.62. The zero-order valence-electron chi connectivity index (χ0n) is 23.7. The van der Waals surface area contributed by atoms with Crippen LogP contribution in [0.1, 0.15) is 56.4 Å². The highest BCUT2D eigenvalue weighted by Gasteiger charge is 2.69. The molecule has 0 amide bonds. The van der Waals surface area contributed by atoms with Gasteiger partial charge < -0.3 is 34.1 Å². The minimum atomic E-state index is -1.46. The maximum absolute atomic E-state index is 13.7. The maximum Gasteiger partial charge on any atom is 0.357 e. The van der Waals surface area contributed by atoms with Gasteiger partial charge in [0.15, 0.2) is 23.7 Å². The van der Waals surface area contributed by atoms with Crippen molar-refractivity contribution in [1.29, 1.82) is 0 Å². The van der Waals surface area contributed by atoms with E-state index in [4.69, 9.17) is 18.9 Å². The van der Waals surface area contributed by atoms with E-state index in [-0.39, 0.29) is 29.7 Å². The van der Waals surface area contributed by atoms with E-state index in [1.165, 1.54) is 13.8 Å². The third-order valence-corrected chi connectivity index (χ3v) is 8.77. The van der Waals surface area contributed by atoms with Gasteiger partial charge in [0.2, 0.25) is 6.10 Å². The van der Waals surface area contributed by atoms with Crippen molar-refractivity contribution >= 4 is 17.9 Å². The Morgan fingerprint density at radius 3 is 2.49 bits per heavy atom. The van der Waals surface area contributed by atoms with E-state index in [1.54, 1.807) is 48.5 Å². The number of likely N-dealkylation sites (N-methyl/N-ethyl adjacent to an activating group) is 1. The van der Waals surface area contributed by atoms with Crippen LogP contribution >= 0.6 is 0 Å². The Kier molecular flexibility index (Phi) is 7.33. The normalized spacial score (nSPS) is 28.1. The molecule has 0 unspecified atom stereocenters. The number of aromatic hydroxyl groups is 1. The van der Waals surface area contributed by atoms with Crippen molar-refractivity contribution in [2.24, 2.45) is 0 Å². The fourth-order valence-electron chi connectivity index (χ4n) is 6.56. The lowest BCUT2D eigenvalue weighted by molar-refractivity contribution is -0.179. The summed E-state index contributed by atoms with van der Waals surface area (Å²) in [4.78, 5) is 39.9. The number of aryl methyl sites for hydroxylation is 1. The number of hydrogen-bond donors (Lipinski definition) is 2. The zero-order valence-corrected chi connectivity index (χ0v) is 23.7. The average Bonchev–Trinajstić information content (AvgIpc) is 3.31. The first-order valence-electron chi connectivity index (χ1n) is 13.7. The third-order valence-electron chi connectivity index (χ3n) is 8.77. The lowest BCUT2D eigenvalue weighted by atomic mass is 9.54. The molecule has 6 atom stereocenters. The molecule has 1 spiro atoms. The topological polar surface area (TPSA) is 132 Å². The van der Waals surface area contributed by atoms with Gasteiger partial charge in [-0.1, -0.05) is 36.4 Å². The largest absolute Gasteiger partial charge is 0.504 e. The molecule has 2 N–H and O–H groups in total. The number of likely N-dealkylation sites (tertiary alicyclic amines) is 1. The van der Waals surface area contributed by atoms with Gasteiger partial charge in [0, 0.05) is 30.5 Å². The summed E-state index contributed by atoms with van der Waals surface area (Å²) in [6.07, 6.45) is -1.34. The predicted octanol–water partition coefficient (Wildman–Crippen LogP) is 3.22. The van der Waals surface area contributed by atoms with Gasteiger partial charge in [0.05, 0.1) is 11.0 Å². The molecule has 0 aromatic heterocycles. The Labute approximate surface area is 238 Å². The van der Waals surface area contributed by atoms with Gasteiger partial charge in [-0.3, -0.25) is 4.79 Å². The van der Waals surface area contributed by atoms with Crippen LogP contribution in [-0.2, 0) is 34.0 Å². The smallest absolute Gasteiger partial charge is 0.357 e. The van der Waals surface area contributed by atoms with Crippen LogP contribution in [0.3, 0.4) is 0 Å². The number of aliphatic hydroxyl groups is 1. The Balaban J connectivity index is 1.52. The van der Waals surface area contributed by atoms with Crippen LogP contribution in [-0.4, -0.2) is 70.5 Å². The Morgan fingerprint density at radius 2 is 1.80 bits per heavy atom. The molecule has 2 aromatic carbocycles. The number of esters is 3. The molecule has 0 radical (unpaired) electrons. The van der Waals surface area contributed by atoms with Crippen molar-refractivity contribution in [3.8, 4) is 11.5 Å². The monoisotopic (exact) mass is 565 g/mol. The molecule has 10 heteroatoms. The fraction of sp³-hybridized carbons (Fsp3) is 0.452. The molecular weight excluding hydrogens is 530 g/mol. The molecule has 41 heavy (non-hydrogen) atoms. The molecule has 2 aliphatic heterocycles. The van der Waals surface area contributed by atoms with Crippen molar-refractivity contribution in [1.82, 2.24) is 4.90 Å². The summed E-state index contributed by atoms with van der Waals surface area (Å²) in [6.45, 7) is 7.01. The van der Waals surface area contributed by atoms with Gasteiger partial charge in [-0.2, -0.15) is 0 Å². The highest BCUT2D eigenvalue weighted by molar-refractivity contribution is 5.84. The number of hydrogen-bond acceptors (Lipinski definition) is 10. The van der Waals surface area contributed by atoms with Crippen molar-refractivity contribution in [3.63, 3.8) is 0 Å². The molecule has 5 rings (SSSR count). The van der Waals surface area contributed by atoms with Crippen molar-refractivity contribution in [3.05, 3.63) is 71.0 Å². The summed E-state index contributed by atoms with van der Waals surface area (Å²) in [6, 6.07) is 11.4.